The summed E-state index contributed by atoms with van der Waals surface area (Å²) in [6.07, 6.45) is 0.888. The van der Waals surface area contributed by atoms with E-state index in [1.54, 1.807) is 0 Å². The molecule has 0 bridgehead atoms. The highest BCUT2D eigenvalue weighted by Crippen LogP contribution is 2.19. The number of rotatable bonds is 4. The summed E-state index contributed by atoms with van der Waals surface area (Å²) in [5.41, 5.74) is 1.78. The van der Waals surface area contributed by atoms with Gasteiger partial charge in [-0.05, 0) is 51.4 Å². The summed E-state index contributed by atoms with van der Waals surface area (Å²) in [5.74, 6) is 0.629. The molecule has 124 valence electrons. The van der Waals surface area contributed by atoms with Crippen LogP contribution in [-0.2, 0) is 21.3 Å². The maximum Gasteiger partial charge on any atom is 0.228 e. The van der Waals surface area contributed by atoms with Gasteiger partial charge in [-0.15, -0.1) is 12.4 Å². The van der Waals surface area contributed by atoms with Crippen molar-refractivity contribution in [1.82, 2.24) is 5.32 Å². The number of hydrogen-bond donors (Lipinski definition) is 2. The van der Waals surface area contributed by atoms with E-state index < -0.39 is 10.8 Å². The minimum absolute atomic E-state index is 0. The van der Waals surface area contributed by atoms with E-state index in [1.807, 2.05) is 45.0 Å². The van der Waals surface area contributed by atoms with Crippen LogP contribution in [-0.4, -0.2) is 28.0 Å². The number of amides is 1. The Kier molecular flexibility index (Phi) is 7.03. The quantitative estimate of drug-likeness (QED) is 0.883. The van der Waals surface area contributed by atoms with Gasteiger partial charge in [-0.25, -0.2) is 0 Å². The molecule has 2 rings (SSSR count). The molecule has 0 aromatic heterocycles. The molecule has 2 unspecified atom stereocenters. The van der Waals surface area contributed by atoms with Gasteiger partial charge in [-0.3, -0.25) is 9.00 Å². The topological polar surface area (TPSA) is 58.2 Å². The third kappa shape index (κ3) is 5.38. The number of halogens is 1. The smallest absolute Gasteiger partial charge is 0.228 e. The maximum absolute atomic E-state index is 12.2. The maximum atomic E-state index is 12.2. The van der Waals surface area contributed by atoms with Crippen LogP contribution < -0.4 is 10.6 Å². The van der Waals surface area contributed by atoms with Gasteiger partial charge in [0.25, 0.3) is 0 Å². The Hall–Kier alpha value is -0.910. The van der Waals surface area contributed by atoms with Gasteiger partial charge in [0, 0.05) is 33.5 Å². The highest BCUT2D eigenvalue weighted by atomic mass is 35.5. The van der Waals surface area contributed by atoms with Crippen molar-refractivity contribution < 1.29 is 9.00 Å². The van der Waals surface area contributed by atoms with Gasteiger partial charge in [0.2, 0.25) is 5.91 Å². The molecule has 1 fully saturated rings. The number of carbonyl (C=O) groups excluding carboxylic acids is 1. The number of anilines is 1. The molecule has 1 aliphatic heterocycles. The molecule has 4 nitrogen and oxygen atoms in total. The van der Waals surface area contributed by atoms with E-state index in [2.05, 4.69) is 10.6 Å². The van der Waals surface area contributed by atoms with Gasteiger partial charge in [0.15, 0.2) is 0 Å². The molecule has 2 atom stereocenters. The molecule has 1 amide bonds. The van der Waals surface area contributed by atoms with Crippen LogP contribution in [0.1, 0.15) is 32.8 Å². The van der Waals surface area contributed by atoms with Crippen LogP contribution >= 0.6 is 12.4 Å². The zero-order valence-corrected chi connectivity index (χ0v) is 15.0. The van der Waals surface area contributed by atoms with Crippen molar-refractivity contribution in [3.8, 4) is 0 Å². The lowest BCUT2D eigenvalue weighted by atomic mass is 10.1. The zero-order chi connectivity index (χ0) is 15.5. The predicted octanol–water partition coefficient (Wildman–Crippen LogP) is 2.70. The molecular formula is C16H25ClN2O2S. The Bertz CT molecular complexity index is 537. The Labute approximate surface area is 141 Å². The molecule has 0 saturated carbocycles. The normalized spacial score (nSPS) is 19.3. The van der Waals surface area contributed by atoms with Gasteiger partial charge >= 0.3 is 0 Å². The lowest BCUT2D eigenvalue weighted by Gasteiger charge is -2.18. The number of carbonyl (C=O) groups is 1. The van der Waals surface area contributed by atoms with Crippen LogP contribution in [0, 0.1) is 5.92 Å². The van der Waals surface area contributed by atoms with E-state index in [0.717, 1.165) is 30.8 Å². The van der Waals surface area contributed by atoms with Crippen molar-refractivity contribution in [3.63, 3.8) is 0 Å². The first kappa shape index (κ1) is 19.1. The zero-order valence-electron chi connectivity index (χ0n) is 13.3. The summed E-state index contributed by atoms with van der Waals surface area (Å²) in [4.78, 5) is 12.1. The number of hydrogen-bond acceptors (Lipinski definition) is 3. The highest BCUT2D eigenvalue weighted by molar-refractivity contribution is 7.85. The van der Waals surface area contributed by atoms with Crippen molar-refractivity contribution in [2.24, 2.45) is 5.92 Å². The van der Waals surface area contributed by atoms with Gasteiger partial charge in [0.1, 0.15) is 0 Å². The largest absolute Gasteiger partial charge is 0.326 e. The Morgan fingerprint density at radius 3 is 2.73 bits per heavy atom. The first-order valence-corrected chi connectivity index (χ1v) is 8.67. The fraction of sp³-hybridized carbons (Fsp3) is 0.562. The van der Waals surface area contributed by atoms with Crippen molar-refractivity contribution >= 4 is 34.8 Å². The molecule has 1 aromatic rings. The first-order valence-electron chi connectivity index (χ1n) is 7.35. The molecule has 22 heavy (non-hydrogen) atoms. The number of benzene rings is 1. The molecule has 0 radical (unpaired) electrons. The molecule has 6 heteroatoms. The lowest BCUT2D eigenvalue weighted by Crippen LogP contribution is -2.25. The van der Waals surface area contributed by atoms with Gasteiger partial charge < -0.3 is 10.6 Å². The monoisotopic (exact) mass is 344 g/mol. The van der Waals surface area contributed by atoms with Crippen LogP contribution in [0.2, 0.25) is 0 Å². The summed E-state index contributed by atoms with van der Waals surface area (Å²) in [6.45, 7) is 7.58. The lowest BCUT2D eigenvalue weighted by molar-refractivity contribution is -0.119. The second-order valence-electron chi connectivity index (χ2n) is 6.48. The fourth-order valence-corrected chi connectivity index (χ4v) is 3.14. The predicted molar refractivity (Wildman–Crippen MR) is 94.9 cm³/mol. The van der Waals surface area contributed by atoms with Gasteiger partial charge in [-0.1, -0.05) is 12.1 Å². The molecule has 2 N–H and O–H groups in total. The van der Waals surface area contributed by atoms with E-state index in [-0.39, 0.29) is 29.0 Å². The molecule has 1 saturated heterocycles. The Balaban J connectivity index is 0.00000242. The summed E-state index contributed by atoms with van der Waals surface area (Å²) in [5, 5.41) is 6.15. The van der Waals surface area contributed by atoms with Crippen molar-refractivity contribution in [1.29, 1.82) is 0 Å². The Morgan fingerprint density at radius 2 is 2.14 bits per heavy atom. The molecule has 0 aliphatic carbocycles. The van der Waals surface area contributed by atoms with Crippen LogP contribution in [0.3, 0.4) is 0 Å². The molecule has 1 aromatic carbocycles. The van der Waals surface area contributed by atoms with Crippen LogP contribution in [0.15, 0.2) is 24.3 Å². The summed E-state index contributed by atoms with van der Waals surface area (Å²) < 4.78 is 12.0. The van der Waals surface area contributed by atoms with E-state index in [0.29, 0.717) is 5.75 Å². The molecule has 0 spiro atoms. The summed E-state index contributed by atoms with van der Waals surface area (Å²) in [6, 6.07) is 7.65. The Morgan fingerprint density at radius 1 is 1.41 bits per heavy atom. The summed E-state index contributed by atoms with van der Waals surface area (Å²) in [7, 11) is -0.934. The third-order valence-electron chi connectivity index (χ3n) is 3.61. The highest BCUT2D eigenvalue weighted by Gasteiger charge is 2.23. The molecule has 1 aliphatic rings. The second kappa shape index (κ2) is 8.09. The SMILES string of the molecule is CC(C)(C)S(=O)Cc1cccc(NC(=O)C2CCNC2)c1.Cl. The van der Waals surface area contributed by atoms with E-state index in [9.17, 15) is 9.00 Å². The van der Waals surface area contributed by atoms with Crippen molar-refractivity contribution in [2.45, 2.75) is 37.7 Å². The summed E-state index contributed by atoms with van der Waals surface area (Å²) >= 11 is 0. The van der Waals surface area contributed by atoms with Crippen LogP contribution in [0.5, 0.6) is 0 Å². The van der Waals surface area contributed by atoms with Gasteiger partial charge in [-0.2, -0.15) is 0 Å². The average Bonchev–Trinajstić information content (AvgIpc) is 2.91. The number of nitrogens with one attached hydrogen (secondary N) is 2. The minimum Gasteiger partial charge on any atom is -0.326 e. The fourth-order valence-electron chi connectivity index (χ4n) is 2.23. The van der Waals surface area contributed by atoms with Crippen molar-refractivity contribution in [2.75, 3.05) is 18.4 Å². The third-order valence-corrected chi connectivity index (χ3v) is 5.57. The van der Waals surface area contributed by atoms with Crippen molar-refractivity contribution in [3.05, 3.63) is 29.8 Å². The van der Waals surface area contributed by atoms with E-state index in [1.165, 1.54) is 0 Å². The van der Waals surface area contributed by atoms with E-state index >= 15 is 0 Å². The first-order chi connectivity index (χ1) is 9.86. The molecule has 1 heterocycles. The van der Waals surface area contributed by atoms with Crippen LogP contribution in [0.4, 0.5) is 5.69 Å². The standard InChI is InChI=1S/C16H24N2O2S.ClH/c1-16(2,3)21(20)11-12-5-4-6-14(9-12)18-15(19)13-7-8-17-10-13;/h4-6,9,13,17H,7-8,10-11H2,1-3H3,(H,18,19);1H. The van der Waals surface area contributed by atoms with Crippen LogP contribution in [0.25, 0.3) is 0 Å². The average molecular weight is 345 g/mol. The van der Waals surface area contributed by atoms with Gasteiger partial charge in [0.05, 0.1) is 5.92 Å². The molecular weight excluding hydrogens is 320 g/mol. The second-order valence-corrected chi connectivity index (χ2v) is 8.69. The van der Waals surface area contributed by atoms with E-state index in [4.69, 9.17) is 0 Å². The minimum atomic E-state index is -0.934.